The number of hydrogen-bond acceptors (Lipinski definition) is 7. The van der Waals surface area contributed by atoms with Gasteiger partial charge in [-0.25, -0.2) is 28.5 Å². The molecule has 5 heterocycles. The van der Waals surface area contributed by atoms with Gasteiger partial charge in [0.15, 0.2) is 5.82 Å². The summed E-state index contributed by atoms with van der Waals surface area (Å²) in [6.45, 7) is 15.4. The lowest BCUT2D eigenvalue weighted by Crippen LogP contribution is -2.64. The molecule has 3 aliphatic rings. The molecule has 4 aromatic rings. The Kier molecular flexibility index (Phi) is 8.86. The first-order chi connectivity index (χ1) is 24.1. The van der Waals surface area contributed by atoms with Gasteiger partial charge in [0.2, 0.25) is 11.0 Å². The van der Waals surface area contributed by atoms with Crippen molar-refractivity contribution < 1.29 is 27.6 Å². The molecule has 9 nitrogen and oxygen atoms in total. The van der Waals surface area contributed by atoms with Crippen LogP contribution < -0.4 is 9.64 Å². The number of carbonyl (C=O) groups is 1. The normalized spacial score (nSPS) is 21.9. The molecular weight excluding hydrogens is 689 g/mol. The van der Waals surface area contributed by atoms with Crippen LogP contribution >= 0.6 is 0 Å². The minimum absolute atomic E-state index is 0.0512. The largest absolute Gasteiger partial charge is 0.472 e. The minimum Gasteiger partial charge on any atom is -0.472 e. The molecule has 0 spiro atoms. The standard InChI is InChI=1S/C38H43F2N5O4SSi/c1-19(2)51(20(3)4,21(5)6)15-14-24-17-25(39)16-23-10-9-11-27(29(23)24)32-31(40)33-30-35(43-37(42-33)50(8)48)44-18-26-12-13-28(45(26)38(46)47)34(44)22(7)49-36(30)41-32/h9-11,16-17,19-22,26,28,34H,12-13,18H2,1-8H3,(H,46,47). The fraction of sp³-hybridized carbons (Fsp3) is 0.474. The lowest BCUT2D eigenvalue weighted by molar-refractivity contribution is 0.0707. The molecule has 2 fully saturated rings. The molecule has 13 heteroatoms. The van der Waals surface area contributed by atoms with Crippen LogP contribution in [-0.2, 0) is 10.8 Å². The van der Waals surface area contributed by atoms with E-state index in [4.69, 9.17) is 9.72 Å². The van der Waals surface area contributed by atoms with Crippen LogP contribution in [0.1, 0.15) is 66.9 Å². The van der Waals surface area contributed by atoms with Gasteiger partial charge in [0.25, 0.3) is 0 Å². The van der Waals surface area contributed by atoms with E-state index >= 15 is 8.78 Å². The van der Waals surface area contributed by atoms with E-state index in [1.807, 2.05) is 11.8 Å². The third-order valence-corrected chi connectivity index (χ3v) is 18.4. The van der Waals surface area contributed by atoms with Gasteiger partial charge in [-0.15, -0.1) is 5.54 Å². The fourth-order valence-electron chi connectivity index (χ4n) is 9.32. The number of pyridine rings is 1. The number of rotatable bonds is 5. The molecule has 2 aromatic heterocycles. The maximum Gasteiger partial charge on any atom is 0.407 e. The van der Waals surface area contributed by atoms with Crippen LogP contribution in [0.2, 0.25) is 16.6 Å². The number of piperazine rings is 1. The van der Waals surface area contributed by atoms with Crippen molar-refractivity contribution in [2.75, 3.05) is 17.7 Å². The Morgan fingerprint density at radius 3 is 2.39 bits per heavy atom. The molecule has 7 rings (SSSR count). The second-order valence-electron chi connectivity index (χ2n) is 15.0. The molecule has 51 heavy (non-hydrogen) atoms. The van der Waals surface area contributed by atoms with Crippen LogP contribution in [0.5, 0.6) is 5.88 Å². The van der Waals surface area contributed by atoms with Gasteiger partial charge in [-0.05, 0) is 53.9 Å². The third kappa shape index (κ3) is 5.48. The van der Waals surface area contributed by atoms with Crippen LogP contribution in [0, 0.1) is 23.1 Å². The van der Waals surface area contributed by atoms with Gasteiger partial charge in [0.1, 0.15) is 42.4 Å². The summed E-state index contributed by atoms with van der Waals surface area (Å²) in [4.78, 5) is 29.8. The summed E-state index contributed by atoms with van der Waals surface area (Å²) in [5.41, 5.74) is 5.44. The van der Waals surface area contributed by atoms with E-state index in [0.717, 1.165) is 0 Å². The predicted octanol–water partition coefficient (Wildman–Crippen LogP) is 7.91. The summed E-state index contributed by atoms with van der Waals surface area (Å²) < 4.78 is 51.9. The zero-order valence-corrected chi connectivity index (χ0v) is 31.9. The summed E-state index contributed by atoms with van der Waals surface area (Å²) in [5.74, 6) is 2.63. The first kappa shape index (κ1) is 35.3. The molecular formula is C38H43F2N5O4SSi. The molecule has 0 aliphatic carbocycles. The van der Waals surface area contributed by atoms with Gasteiger partial charge in [-0.1, -0.05) is 65.7 Å². The number of hydrogen-bond donors (Lipinski definition) is 1. The molecule has 0 saturated carbocycles. The Hall–Kier alpha value is -4.15. The SMILES string of the molecule is CC1Oc2nc(-c3cccc4cc(F)cc(C#C[Si](C(C)C)(C(C)C)C(C)C)c34)c(F)c3nc(S(C)=O)nc(c23)N2CC3CCC(C12)N3C(=O)O. The Bertz CT molecular complexity index is 2170. The van der Waals surface area contributed by atoms with Crippen molar-refractivity contribution in [1.29, 1.82) is 0 Å². The van der Waals surface area contributed by atoms with Crippen LogP contribution in [0.15, 0.2) is 35.5 Å². The Balaban J connectivity index is 1.49. The van der Waals surface area contributed by atoms with Gasteiger partial charge in [0.05, 0.1) is 28.9 Å². The van der Waals surface area contributed by atoms with E-state index in [1.165, 1.54) is 23.3 Å². The van der Waals surface area contributed by atoms with Gasteiger partial charge < -0.3 is 14.7 Å². The molecule has 1 amide bonds. The summed E-state index contributed by atoms with van der Waals surface area (Å²) in [6.07, 6.45) is 1.19. The summed E-state index contributed by atoms with van der Waals surface area (Å²) >= 11 is 0. The van der Waals surface area contributed by atoms with Crippen molar-refractivity contribution in [3.63, 3.8) is 0 Å². The summed E-state index contributed by atoms with van der Waals surface area (Å²) in [7, 11) is -3.89. The molecule has 2 aromatic carbocycles. The van der Waals surface area contributed by atoms with Gasteiger partial charge in [0, 0.05) is 29.3 Å². The fourth-order valence-corrected chi connectivity index (χ4v) is 15.0. The molecule has 5 atom stereocenters. The van der Waals surface area contributed by atoms with Crippen LogP contribution in [0.4, 0.5) is 19.4 Å². The van der Waals surface area contributed by atoms with E-state index in [1.54, 1.807) is 18.2 Å². The predicted molar refractivity (Wildman–Crippen MR) is 198 cm³/mol. The lowest BCUT2D eigenvalue weighted by atomic mass is 9.96. The monoisotopic (exact) mass is 731 g/mol. The maximum atomic E-state index is 17.2. The van der Waals surface area contributed by atoms with Crippen LogP contribution in [0.3, 0.4) is 0 Å². The van der Waals surface area contributed by atoms with Gasteiger partial charge in [-0.2, -0.15) is 0 Å². The van der Waals surface area contributed by atoms with Gasteiger partial charge in [-0.3, -0.25) is 9.11 Å². The van der Waals surface area contributed by atoms with Crippen molar-refractivity contribution >= 4 is 52.5 Å². The average Bonchev–Trinajstić information content (AvgIpc) is 3.31. The van der Waals surface area contributed by atoms with E-state index < -0.39 is 48.7 Å². The minimum atomic E-state index is -2.22. The number of carboxylic acid groups (broad SMARTS) is 1. The molecule has 1 N–H and O–H groups in total. The zero-order chi connectivity index (χ0) is 36.7. The number of aromatic nitrogens is 3. The first-order valence-electron chi connectivity index (χ1n) is 17.6. The van der Waals surface area contributed by atoms with E-state index in [2.05, 4.69) is 63.0 Å². The number of nitrogens with zero attached hydrogens (tertiary/aromatic N) is 5. The number of fused-ring (bicyclic) bond motifs is 6. The van der Waals surface area contributed by atoms with Crippen molar-refractivity contribution in [3.05, 3.63) is 47.5 Å². The van der Waals surface area contributed by atoms with Crippen molar-refractivity contribution in [1.82, 2.24) is 19.9 Å². The van der Waals surface area contributed by atoms with Crippen molar-refractivity contribution in [2.45, 2.75) is 107 Å². The summed E-state index contributed by atoms with van der Waals surface area (Å²) in [6, 6.07) is 6.94. The van der Waals surface area contributed by atoms with E-state index in [0.29, 0.717) is 63.7 Å². The highest BCUT2D eigenvalue weighted by Crippen LogP contribution is 2.47. The van der Waals surface area contributed by atoms with Crippen molar-refractivity contribution in [2.24, 2.45) is 0 Å². The Morgan fingerprint density at radius 1 is 1.04 bits per heavy atom. The lowest BCUT2D eigenvalue weighted by Gasteiger charge is -2.47. The second-order valence-corrected chi connectivity index (χ2v) is 21.9. The van der Waals surface area contributed by atoms with E-state index in [9.17, 15) is 14.1 Å². The topological polar surface area (TPSA) is 109 Å². The molecule has 3 aliphatic heterocycles. The van der Waals surface area contributed by atoms with Crippen LogP contribution in [0.25, 0.3) is 32.9 Å². The summed E-state index contributed by atoms with van der Waals surface area (Å²) in [5, 5.41) is 11.4. The number of anilines is 1. The Morgan fingerprint density at radius 2 is 1.75 bits per heavy atom. The van der Waals surface area contributed by atoms with Crippen molar-refractivity contribution in [3.8, 4) is 28.6 Å². The molecule has 2 bridgehead atoms. The number of halogens is 2. The number of ether oxygens (including phenoxy) is 1. The Labute approximate surface area is 300 Å². The van der Waals surface area contributed by atoms with Gasteiger partial charge >= 0.3 is 6.09 Å². The average molecular weight is 732 g/mol. The highest BCUT2D eigenvalue weighted by Gasteiger charge is 2.53. The molecule has 268 valence electrons. The maximum absolute atomic E-state index is 17.2. The first-order valence-corrected chi connectivity index (χ1v) is 21.4. The number of amides is 1. The smallest absolute Gasteiger partial charge is 0.407 e. The molecule has 5 unspecified atom stereocenters. The quantitative estimate of drug-likeness (QED) is 0.125. The van der Waals surface area contributed by atoms with E-state index in [-0.39, 0.29) is 39.7 Å². The third-order valence-electron chi connectivity index (χ3n) is 11.4. The molecule has 2 saturated heterocycles. The molecule has 0 radical (unpaired) electrons. The highest BCUT2D eigenvalue weighted by molar-refractivity contribution is 7.84. The second kappa shape index (κ2) is 12.8. The highest BCUT2D eigenvalue weighted by atomic mass is 32.2. The van der Waals surface area contributed by atoms with Crippen LogP contribution in [-0.4, -0.2) is 80.4 Å². The zero-order valence-electron chi connectivity index (χ0n) is 30.1. The number of benzene rings is 2.